The third-order valence-electron chi connectivity index (χ3n) is 5.85. The number of piperidine rings is 1. The molecule has 30 heavy (non-hydrogen) atoms. The zero-order valence-electron chi connectivity index (χ0n) is 17.5. The lowest BCUT2D eigenvalue weighted by atomic mass is 10.0. The Kier molecular flexibility index (Phi) is 5.84. The molecule has 7 heteroatoms. The average molecular weight is 406 g/mol. The molecule has 0 radical (unpaired) electrons. The number of aromatic nitrogens is 2. The van der Waals surface area contributed by atoms with Crippen molar-refractivity contribution in [3.05, 3.63) is 47.4 Å². The minimum atomic E-state index is -0.0604. The summed E-state index contributed by atoms with van der Waals surface area (Å²) >= 11 is 0. The zero-order valence-corrected chi connectivity index (χ0v) is 17.5. The summed E-state index contributed by atoms with van der Waals surface area (Å²) in [6.07, 6.45) is 4.60. The molecule has 0 bridgehead atoms. The number of carbonyl (C=O) groups excluding carboxylic acids is 1. The van der Waals surface area contributed by atoms with Crippen molar-refractivity contribution in [2.45, 2.75) is 39.2 Å². The van der Waals surface area contributed by atoms with Crippen molar-refractivity contribution in [1.82, 2.24) is 14.9 Å². The maximum Gasteiger partial charge on any atom is 0.276 e. The van der Waals surface area contributed by atoms with E-state index in [1.807, 2.05) is 30.9 Å². The molecule has 1 N–H and O–H groups in total. The predicted molar refractivity (Wildman–Crippen MR) is 113 cm³/mol. The number of fused-ring (bicyclic) bond motifs is 1. The van der Waals surface area contributed by atoms with E-state index in [9.17, 15) is 4.79 Å². The van der Waals surface area contributed by atoms with Gasteiger partial charge in [-0.2, -0.15) is 5.26 Å². The first-order valence-electron chi connectivity index (χ1n) is 10.6. The lowest BCUT2D eigenvalue weighted by molar-refractivity contribution is 0.0605. The lowest BCUT2D eigenvalue weighted by Gasteiger charge is -2.35. The predicted octanol–water partition coefficient (Wildman–Crippen LogP) is 3.41. The Bertz CT molecular complexity index is 953. The van der Waals surface area contributed by atoms with E-state index in [-0.39, 0.29) is 11.9 Å². The number of hydrogen-bond acceptors (Lipinski definition) is 6. The summed E-state index contributed by atoms with van der Waals surface area (Å²) in [5.41, 5.74) is 1.74. The minimum absolute atomic E-state index is 0.0604. The van der Waals surface area contributed by atoms with Crippen molar-refractivity contribution in [2.24, 2.45) is 11.8 Å². The summed E-state index contributed by atoms with van der Waals surface area (Å²) in [5, 5.41) is 12.3. The van der Waals surface area contributed by atoms with Crippen LogP contribution in [0.25, 0.3) is 0 Å². The molecule has 2 aromatic heterocycles. The Balaban J connectivity index is 1.51. The maximum atomic E-state index is 13.5. The van der Waals surface area contributed by atoms with Gasteiger partial charge in [0.05, 0.1) is 12.2 Å². The van der Waals surface area contributed by atoms with Crippen LogP contribution in [0.2, 0.25) is 0 Å². The number of nitrogens with one attached hydrogen (secondary N) is 1. The van der Waals surface area contributed by atoms with Gasteiger partial charge in [-0.15, -0.1) is 0 Å². The smallest absolute Gasteiger partial charge is 0.276 e. The SMILES string of the molecule is CCCOc1ccc(C)nc1C(=O)N1C[C@@H]2C[C@@H]2C[C@H]1CNc1ccc(C#N)cn1. The van der Waals surface area contributed by atoms with Crippen LogP contribution >= 0.6 is 0 Å². The molecule has 3 heterocycles. The molecule has 0 spiro atoms. The quantitative estimate of drug-likeness (QED) is 0.759. The summed E-state index contributed by atoms with van der Waals surface area (Å²) < 4.78 is 5.81. The molecule has 7 nitrogen and oxygen atoms in total. The van der Waals surface area contributed by atoms with Crippen LogP contribution in [0.15, 0.2) is 30.5 Å². The second-order valence-electron chi connectivity index (χ2n) is 8.18. The van der Waals surface area contributed by atoms with Gasteiger partial charge in [0.25, 0.3) is 5.91 Å². The van der Waals surface area contributed by atoms with E-state index >= 15 is 0 Å². The largest absolute Gasteiger partial charge is 0.491 e. The van der Waals surface area contributed by atoms with Gasteiger partial charge >= 0.3 is 0 Å². The van der Waals surface area contributed by atoms with E-state index in [0.717, 1.165) is 25.1 Å². The Morgan fingerprint density at radius 2 is 2.17 bits per heavy atom. The number of nitrogens with zero attached hydrogens (tertiary/aromatic N) is 4. The molecule has 0 unspecified atom stereocenters. The fraction of sp³-hybridized carbons (Fsp3) is 0.478. The Hall–Kier alpha value is -3.14. The highest BCUT2D eigenvalue weighted by atomic mass is 16.5. The molecule has 2 aliphatic rings. The number of ether oxygens (including phenoxy) is 1. The van der Waals surface area contributed by atoms with Gasteiger partial charge in [0.15, 0.2) is 11.4 Å². The zero-order chi connectivity index (χ0) is 21.1. The monoisotopic (exact) mass is 405 g/mol. The third kappa shape index (κ3) is 4.38. The molecule has 1 amide bonds. The number of rotatable bonds is 7. The second-order valence-corrected chi connectivity index (χ2v) is 8.18. The van der Waals surface area contributed by atoms with Crippen LogP contribution in [0, 0.1) is 30.1 Å². The first kappa shape index (κ1) is 20.1. The third-order valence-corrected chi connectivity index (χ3v) is 5.85. The molecule has 2 aromatic rings. The highest BCUT2D eigenvalue weighted by Gasteiger charge is 2.47. The Morgan fingerprint density at radius 1 is 1.30 bits per heavy atom. The van der Waals surface area contributed by atoms with Crippen LogP contribution in [0.1, 0.15) is 47.9 Å². The first-order valence-corrected chi connectivity index (χ1v) is 10.6. The maximum absolute atomic E-state index is 13.5. The molecule has 156 valence electrons. The molecule has 1 aliphatic carbocycles. The standard InChI is InChI=1S/C23H27N5O2/c1-3-8-30-20-6-4-15(2)27-22(20)23(29)28-14-18-9-17(18)10-19(28)13-26-21-7-5-16(11-24)12-25-21/h4-7,12,17-19H,3,8-10,13-14H2,1-2H3,(H,25,26)/t17-,18+,19+/m1/s1. The van der Waals surface area contributed by atoms with Crippen LogP contribution in [-0.4, -0.2) is 46.5 Å². The number of anilines is 1. The topological polar surface area (TPSA) is 91.1 Å². The fourth-order valence-corrected chi connectivity index (χ4v) is 4.09. The van der Waals surface area contributed by atoms with Crippen molar-refractivity contribution < 1.29 is 9.53 Å². The molecular formula is C23H27N5O2. The van der Waals surface area contributed by atoms with E-state index < -0.39 is 0 Å². The van der Waals surface area contributed by atoms with Gasteiger partial charge in [0.1, 0.15) is 11.9 Å². The number of nitriles is 1. The van der Waals surface area contributed by atoms with Crippen LogP contribution in [0.3, 0.4) is 0 Å². The van der Waals surface area contributed by atoms with Crippen molar-refractivity contribution in [2.75, 3.05) is 25.0 Å². The normalized spacial score (nSPS) is 22.0. The molecular weight excluding hydrogens is 378 g/mol. The van der Waals surface area contributed by atoms with Gasteiger partial charge < -0.3 is 15.0 Å². The van der Waals surface area contributed by atoms with Gasteiger partial charge in [-0.3, -0.25) is 4.79 Å². The minimum Gasteiger partial charge on any atom is -0.491 e. The molecule has 4 rings (SSSR count). The number of pyridine rings is 2. The van der Waals surface area contributed by atoms with E-state index in [0.29, 0.717) is 47.8 Å². The van der Waals surface area contributed by atoms with Crippen molar-refractivity contribution in [3.8, 4) is 11.8 Å². The van der Waals surface area contributed by atoms with Gasteiger partial charge in [-0.1, -0.05) is 6.92 Å². The van der Waals surface area contributed by atoms with Crippen molar-refractivity contribution in [3.63, 3.8) is 0 Å². The number of carbonyl (C=O) groups is 1. The van der Waals surface area contributed by atoms with Crippen molar-refractivity contribution >= 4 is 11.7 Å². The number of likely N-dealkylation sites (tertiary alicyclic amines) is 1. The number of hydrogen-bond donors (Lipinski definition) is 1. The van der Waals surface area contributed by atoms with Crippen molar-refractivity contribution in [1.29, 1.82) is 5.26 Å². The summed E-state index contributed by atoms with van der Waals surface area (Å²) in [6.45, 7) is 5.87. The summed E-state index contributed by atoms with van der Waals surface area (Å²) in [7, 11) is 0. The Morgan fingerprint density at radius 3 is 2.90 bits per heavy atom. The molecule has 2 fully saturated rings. The van der Waals surface area contributed by atoms with Crippen LogP contribution < -0.4 is 10.1 Å². The van der Waals surface area contributed by atoms with E-state index in [1.165, 1.54) is 6.42 Å². The van der Waals surface area contributed by atoms with Crippen LogP contribution in [-0.2, 0) is 0 Å². The lowest BCUT2D eigenvalue weighted by Crippen LogP contribution is -2.48. The summed E-state index contributed by atoms with van der Waals surface area (Å²) in [6, 6.07) is 9.41. The van der Waals surface area contributed by atoms with Crippen LogP contribution in [0.5, 0.6) is 5.75 Å². The van der Waals surface area contributed by atoms with E-state index in [4.69, 9.17) is 10.00 Å². The molecule has 1 saturated carbocycles. The molecule has 1 aliphatic heterocycles. The highest BCUT2D eigenvalue weighted by Crippen LogP contribution is 2.47. The van der Waals surface area contributed by atoms with E-state index in [2.05, 4.69) is 21.4 Å². The molecule has 0 aromatic carbocycles. The number of amides is 1. The van der Waals surface area contributed by atoms with Gasteiger partial charge in [-0.05, 0) is 62.3 Å². The molecule has 3 atom stereocenters. The average Bonchev–Trinajstić information content (AvgIpc) is 3.54. The van der Waals surface area contributed by atoms with Crippen LogP contribution in [0.4, 0.5) is 5.82 Å². The second kappa shape index (κ2) is 8.70. The van der Waals surface area contributed by atoms with Gasteiger partial charge in [0.2, 0.25) is 0 Å². The summed E-state index contributed by atoms with van der Waals surface area (Å²) in [4.78, 5) is 24.3. The van der Waals surface area contributed by atoms with Gasteiger partial charge in [-0.25, -0.2) is 9.97 Å². The number of aryl methyl sites for hydroxylation is 1. The van der Waals surface area contributed by atoms with E-state index in [1.54, 1.807) is 18.3 Å². The summed E-state index contributed by atoms with van der Waals surface area (Å²) in [5.74, 6) is 2.51. The Labute approximate surface area is 177 Å². The first-order chi connectivity index (χ1) is 14.6. The highest BCUT2D eigenvalue weighted by molar-refractivity contribution is 5.95. The fourth-order valence-electron chi connectivity index (χ4n) is 4.09. The van der Waals surface area contributed by atoms with Gasteiger partial charge in [0, 0.05) is 31.0 Å². The molecule has 1 saturated heterocycles.